The van der Waals surface area contributed by atoms with E-state index in [4.69, 9.17) is 26.1 Å². The van der Waals surface area contributed by atoms with Gasteiger partial charge in [0, 0.05) is 11.6 Å². The second-order valence-electron chi connectivity index (χ2n) is 6.44. The number of benzene rings is 1. The number of nitrogens with one attached hydrogen (secondary N) is 1. The Morgan fingerprint density at radius 2 is 1.96 bits per heavy atom. The number of hydrogen-bond donors (Lipinski definition) is 1. The number of rotatable bonds is 6. The van der Waals surface area contributed by atoms with Gasteiger partial charge in [0.25, 0.3) is 4.84 Å². The van der Waals surface area contributed by atoms with Crippen molar-refractivity contribution < 1.29 is 18.8 Å². The van der Waals surface area contributed by atoms with Gasteiger partial charge in [0.1, 0.15) is 11.5 Å². The Hall–Kier alpha value is -1.86. The molecule has 2 aromatic rings. The van der Waals surface area contributed by atoms with Crippen LogP contribution in [-0.2, 0) is 6.67 Å². The number of ether oxygens (including phenoxy) is 2. The fraction of sp³-hybridized carbons (Fsp3) is 0.556. The monoisotopic (exact) mass is 364 g/mol. The number of methoxy groups -OCH3 is 2. The molecule has 3 rings (SSSR count). The zero-order valence-corrected chi connectivity index (χ0v) is 15.9. The summed E-state index contributed by atoms with van der Waals surface area (Å²) in [7, 11) is 3.24. The van der Waals surface area contributed by atoms with Gasteiger partial charge in [-0.2, -0.15) is 4.68 Å². The zero-order chi connectivity index (χ0) is 17.8. The van der Waals surface area contributed by atoms with E-state index in [1.807, 2.05) is 18.2 Å². The molecule has 0 amide bonds. The third-order valence-electron chi connectivity index (χ3n) is 4.93. The van der Waals surface area contributed by atoms with E-state index in [2.05, 4.69) is 12.0 Å². The van der Waals surface area contributed by atoms with Gasteiger partial charge in [-0.25, -0.2) is 0 Å². The summed E-state index contributed by atoms with van der Waals surface area (Å²) in [6.07, 6.45) is 5.04. The third-order valence-corrected chi connectivity index (χ3v) is 5.22. The summed E-state index contributed by atoms with van der Waals surface area (Å²) < 4.78 is 18.2. The molecule has 1 fully saturated rings. The lowest BCUT2D eigenvalue weighted by Crippen LogP contribution is -3.15. The Bertz CT molecular complexity index is 749. The van der Waals surface area contributed by atoms with Gasteiger partial charge in [-0.1, -0.05) is 6.92 Å². The molecular weight excluding hydrogens is 338 g/mol. The molecule has 1 aromatic heterocycles. The quantitative estimate of drug-likeness (QED) is 0.799. The number of piperidine rings is 1. The molecule has 0 bridgehead atoms. The van der Waals surface area contributed by atoms with E-state index in [0.29, 0.717) is 28.3 Å². The predicted molar refractivity (Wildman–Crippen MR) is 97.6 cm³/mol. The molecule has 1 unspecified atom stereocenters. The molecule has 6 nitrogen and oxygen atoms in total. The lowest BCUT2D eigenvalue weighted by Gasteiger charge is -2.31. The minimum atomic E-state index is 0.407. The molecule has 25 heavy (non-hydrogen) atoms. The van der Waals surface area contributed by atoms with E-state index < -0.39 is 0 Å². The SMILES string of the molecule is CC[C@@H]1CCCC[NH+]1Cn1nc(-c2cc(OC)cc(OC)c2)oc1=S. The van der Waals surface area contributed by atoms with E-state index in [9.17, 15) is 0 Å². The Morgan fingerprint density at radius 3 is 2.60 bits per heavy atom. The molecule has 0 spiro atoms. The number of likely N-dealkylation sites (tertiary alicyclic amines) is 1. The first-order chi connectivity index (χ1) is 12.1. The van der Waals surface area contributed by atoms with E-state index >= 15 is 0 Å². The van der Waals surface area contributed by atoms with E-state index in [-0.39, 0.29) is 0 Å². The van der Waals surface area contributed by atoms with Crippen molar-refractivity contribution in [1.29, 1.82) is 0 Å². The van der Waals surface area contributed by atoms with Crippen LogP contribution in [0, 0.1) is 4.84 Å². The summed E-state index contributed by atoms with van der Waals surface area (Å²) in [6, 6.07) is 6.23. The summed E-state index contributed by atoms with van der Waals surface area (Å²) >= 11 is 5.40. The minimum Gasteiger partial charge on any atom is -0.497 e. The maximum absolute atomic E-state index is 5.75. The Balaban J connectivity index is 1.86. The van der Waals surface area contributed by atoms with Crippen molar-refractivity contribution in [3.8, 4) is 23.0 Å². The summed E-state index contributed by atoms with van der Waals surface area (Å²) in [5.74, 6) is 1.88. The fourth-order valence-corrected chi connectivity index (χ4v) is 3.68. The van der Waals surface area contributed by atoms with Gasteiger partial charge in [0.15, 0.2) is 6.67 Å². The van der Waals surface area contributed by atoms with Crippen molar-refractivity contribution in [3.05, 3.63) is 23.0 Å². The van der Waals surface area contributed by atoms with Crippen LogP contribution < -0.4 is 14.4 Å². The molecule has 2 heterocycles. The average molecular weight is 364 g/mol. The van der Waals surface area contributed by atoms with Crippen LogP contribution in [-0.4, -0.2) is 36.6 Å². The number of aromatic nitrogens is 2. The van der Waals surface area contributed by atoms with Gasteiger partial charge in [0.05, 0.1) is 26.8 Å². The van der Waals surface area contributed by atoms with Crippen molar-refractivity contribution in [2.24, 2.45) is 0 Å². The van der Waals surface area contributed by atoms with Gasteiger partial charge in [0.2, 0.25) is 5.89 Å². The van der Waals surface area contributed by atoms with Crippen LogP contribution in [0.3, 0.4) is 0 Å². The van der Waals surface area contributed by atoms with Crippen molar-refractivity contribution >= 4 is 12.2 Å². The lowest BCUT2D eigenvalue weighted by atomic mass is 10.0. The van der Waals surface area contributed by atoms with Gasteiger partial charge in [-0.15, -0.1) is 5.10 Å². The molecule has 1 aromatic carbocycles. The third kappa shape index (κ3) is 4.04. The molecule has 0 radical (unpaired) electrons. The topological polar surface area (TPSA) is 53.9 Å². The van der Waals surface area contributed by atoms with Crippen LogP contribution in [0.4, 0.5) is 0 Å². The predicted octanol–water partition coefficient (Wildman–Crippen LogP) is 2.69. The summed E-state index contributed by atoms with van der Waals surface area (Å²) in [6.45, 7) is 4.17. The normalized spacial score (nSPS) is 20.4. The van der Waals surface area contributed by atoms with Crippen LogP contribution in [0.15, 0.2) is 22.6 Å². The van der Waals surface area contributed by atoms with E-state index in [0.717, 1.165) is 18.8 Å². The highest BCUT2D eigenvalue weighted by Crippen LogP contribution is 2.28. The van der Waals surface area contributed by atoms with Crippen LogP contribution in [0.25, 0.3) is 11.5 Å². The second-order valence-corrected chi connectivity index (χ2v) is 6.79. The van der Waals surface area contributed by atoms with Crippen molar-refractivity contribution in [3.63, 3.8) is 0 Å². The molecule has 1 aliphatic rings. The maximum Gasteiger partial charge on any atom is 0.292 e. The van der Waals surface area contributed by atoms with Crippen molar-refractivity contribution in [2.75, 3.05) is 20.8 Å². The van der Waals surface area contributed by atoms with E-state index in [1.165, 1.54) is 30.6 Å². The van der Waals surface area contributed by atoms with Crippen LogP contribution >= 0.6 is 12.2 Å². The summed E-state index contributed by atoms with van der Waals surface area (Å²) in [5, 5.41) is 4.61. The lowest BCUT2D eigenvalue weighted by molar-refractivity contribution is -0.953. The first kappa shape index (κ1) is 17.9. The highest BCUT2D eigenvalue weighted by molar-refractivity contribution is 7.71. The zero-order valence-electron chi connectivity index (χ0n) is 15.1. The average Bonchev–Trinajstić information content (AvgIpc) is 3.02. The molecular formula is C18H26N3O3S+. The highest BCUT2D eigenvalue weighted by atomic mass is 32.1. The molecule has 136 valence electrons. The maximum atomic E-state index is 5.75. The van der Waals surface area contributed by atoms with Gasteiger partial charge >= 0.3 is 0 Å². The largest absolute Gasteiger partial charge is 0.497 e. The van der Waals surface area contributed by atoms with Crippen molar-refractivity contribution in [1.82, 2.24) is 9.78 Å². The summed E-state index contributed by atoms with van der Waals surface area (Å²) in [5.41, 5.74) is 0.793. The number of hydrogen-bond acceptors (Lipinski definition) is 5. The molecule has 7 heteroatoms. The van der Waals surface area contributed by atoms with Gasteiger partial charge < -0.3 is 18.8 Å². The van der Waals surface area contributed by atoms with Gasteiger partial charge in [-0.05, 0) is 50.0 Å². The Labute approximate surface area is 153 Å². The first-order valence-electron chi connectivity index (χ1n) is 8.80. The highest BCUT2D eigenvalue weighted by Gasteiger charge is 2.25. The van der Waals surface area contributed by atoms with Gasteiger partial charge in [-0.3, -0.25) is 0 Å². The molecule has 1 saturated heterocycles. The standard InChI is InChI=1S/C18H25N3O3S/c1-4-14-7-5-6-8-20(14)12-21-18(25)24-17(19-21)13-9-15(22-2)11-16(10-13)23-3/h9-11,14H,4-8,12H2,1-3H3/p+1/t14-/m1/s1. The molecule has 2 atom stereocenters. The molecule has 1 N–H and O–H groups in total. The fourth-order valence-electron chi connectivity index (χ4n) is 3.50. The van der Waals surface area contributed by atoms with Crippen LogP contribution in [0.2, 0.25) is 0 Å². The Morgan fingerprint density at radius 1 is 1.24 bits per heavy atom. The van der Waals surface area contributed by atoms with Crippen molar-refractivity contribution in [2.45, 2.75) is 45.3 Å². The molecule has 1 aliphatic heterocycles. The van der Waals surface area contributed by atoms with Crippen LogP contribution in [0.1, 0.15) is 32.6 Å². The van der Waals surface area contributed by atoms with Crippen LogP contribution in [0.5, 0.6) is 11.5 Å². The number of quaternary nitrogens is 1. The molecule has 0 aliphatic carbocycles. The Kier molecular flexibility index (Phi) is 5.75. The summed E-state index contributed by atoms with van der Waals surface area (Å²) in [4.78, 5) is 1.94. The first-order valence-corrected chi connectivity index (χ1v) is 9.21. The number of nitrogens with zero attached hydrogens (tertiary/aromatic N) is 2. The second kappa shape index (κ2) is 8.01. The minimum absolute atomic E-state index is 0.407. The van der Waals surface area contributed by atoms with E-state index in [1.54, 1.807) is 18.9 Å². The smallest absolute Gasteiger partial charge is 0.292 e. The molecule has 0 saturated carbocycles.